The first-order chi connectivity index (χ1) is 9.58. The molecule has 1 aromatic rings. The molecule has 1 unspecified atom stereocenters. The second kappa shape index (κ2) is 8.90. The van der Waals surface area contributed by atoms with E-state index in [1.165, 1.54) is 12.8 Å². The van der Waals surface area contributed by atoms with Crippen LogP contribution in [0.5, 0.6) is 5.75 Å². The Labute approximate surface area is 123 Å². The van der Waals surface area contributed by atoms with Crippen molar-refractivity contribution in [2.75, 3.05) is 13.2 Å². The van der Waals surface area contributed by atoms with Gasteiger partial charge in [0.05, 0.1) is 18.5 Å². The third-order valence-corrected chi connectivity index (χ3v) is 3.21. The number of hydrogen-bond donors (Lipinski definition) is 1. The summed E-state index contributed by atoms with van der Waals surface area (Å²) >= 11 is 0. The Hall–Kier alpha value is -1.16. The molecule has 0 fully saturated rings. The molecular formula is C16H29N3O. The molecule has 0 radical (unpaired) electrons. The topological polar surface area (TPSA) is 47.0 Å². The predicted molar refractivity (Wildman–Crippen MR) is 83.1 cm³/mol. The van der Waals surface area contributed by atoms with E-state index in [4.69, 9.17) is 4.74 Å². The monoisotopic (exact) mass is 279 g/mol. The van der Waals surface area contributed by atoms with Crippen LogP contribution in [0.3, 0.4) is 0 Å². The van der Waals surface area contributed by atoms with Crippen LogP contribution in [0.4, 0.5) is 0 Å². The first kappa shape index (κ1) is 16.9. The maximum Gasteiger partial charge on any atom is 0.160 e. The highest BCUT2D eigenvalue weighted by Crippen LogP contribution is 2.19. The Kier molecular flexibility index (Phi) is 7.52. The molecule has 1 N–H and O–H groups in total. The molecule has 1 aromatic heterocycles. The van der Waals surface area contributed by atoms with Crippen LogP contribution in [0, 0.1) is 5.92 Å². The van der Waals surface area contributed by atoms with Crippen LogP contribution in [0.1, 0.15) is 64.9 Å². The number of ether oxygens (including phenoxy) is 1. The molecule has 114 valence electrons. The summed E-state index contributed by atoms with van der Waals surface area (Å²) in [6.45, 7) is 13.1. The first-order valence-corrected chi connectivity index (χ1v) is 7.77. The minimum atomic E-state index is 0.337. The first-order valence-electron chi connectivity index (χ1n) is 7.77. The Morgan fingerprint density at radius 2 is 2.00 bits per heavy atom. The lowest BCUT2D eigenvalue weighted by atomic mass is 10.1. The summed E-state index contributed by atoms with van der Waals surface area (Å²) in [4.78, 5) is 9.04. The summed E-state index contributed by atoms with van der Waals surface area (Å²) in [6, 6.07) is 0. The van der Waals surface area contributed by atoms with Gasteiger partial charge < -0.3 is 10.1 Å². The maximum atomic E-state index is 5.92. The van der Waals surface area contributed by atoms with Crippen molar-refractivity contribution in [2.24, 2.45) is 5.92 Å². The quantitative estimate of drug-likeness (QED) is 0.751. The van der Waals surface area contributed by atoms with Gasteiger partial charge in [0.1, 0.15) is 5.82 Å². The third kappa shape index (κ3) is 5.45. The molecule has 0 saturated heterocycles. The van der Waals surface area contributed by atoms with Gasteiger partial charge in [-0.25, -0.2) is 9.97 Å². The smallest absolute Gasteiger partial charge is 0.160 e. The lowest BCUT2D eigenvalue weighted by Crippen LogP contribution is -2.17. The van der Waals surface area contributed by atoms with Gasteiger partial charge in [0.2, 0.25) is 0 Å². The van der Waals surface area contributed by atoms with Crippen molar-refractivity contribution in [2.45, 2.75) is 59.9 Å². The summed E-state index contributed by atoms with van der Waals surface area (Å²) in [5.74, 6) is 2.60. The number of hydrogen-bond acceptors (Lipinski definition) is 4. The Morgan fingerprint density at radius 3 is 2.60 bits per heavy atom. The second-order valence-electron chi connectivity index (χ2n) is 5.68. The fraction of sp³-hybridized carbons (Fsp3) is 0.750. The fourth-order valence-corrected chi connectivity index (χ4v) is 2.00. The van der Waals surface area contributed by atoms with E-state index < -0.39 is 0 Å². The van der Waals surface area contributed by atoms with Gasteiger partial charge in [-0.1, -0.05) is 41.0 Å². The highest BCUT2D eigenvalue weighted by molar-refractivity contribution is 5.25. The van der Waals surface area contributed by atoms with Crippen LogP contribution < -0.4 is 10.1 Å². The molecule has 0 aliphatic rings. The molecule has 1 rings (SSSR count). The lowest BCUT2D eigenvalue weighted by Gasteiger charge is -2.16. The van der Waals surface area contributed by atoms with Gasteiger partial charge in [0.25, 0.3) is 0 Å². The number of aromatic nitrogens is 2. The predicted octanol–water partition coefficient (Wildman–Crippen LogP) is 3.52. The van der Waals surface area contributed by atoms with E-state index in [1.54, 1.807) is 0 Å². The van der Waals surface area contributed by atoms with E-state index in [0.717, 1.165) is 37.0 Å². The molecule has 0 aliphatic heterocycles. The molecule has 0 spiro atoms. The molecule has 0 amide bonds. The SMILES string of the molecule is CCCC(C)COc1cnc(C(C)C)nc1CNCC. The van der Waals surface area contributed by atoms with E-state index in [1.807, 2.05) is 6.20 Å². The zero-order chi connectivity index (χ0) is 15.0. The average Bonchev–Trinajstić information content (AvgIpc) is 2.43. The summed E-state index contributed by atoms with van der Waals surface area (Å²) in [5, 5.41) is 3.31. The summed E-state index contributed by atoms with van der Waals surface area (Å²) in [5.41, 5.74) is 0.967. The molecule has 0 saturated carbocycles. The largest absolute Gasteiger partial charge is 0.490 e. The van der Waals surface area contributed by atoms with Crippen LogP contribution in [-0.4, -0.2) is 23.1 Å². The van der Waals surface area contributed by atoms with Gasteiger partial charge in [0, 0.05) is 12.5 Å². The Balaban J connectivity index is 2.76. The molecule has 4 heteroatoms. The van der Waals surface area contributed by atoms with Gasteiger partial charge in [-0.3, -0.25) is 0 Å². The van der Waals surface area contributed by atoms with Crippen molar-refractivity contribution in [3.63, 3.8) is 0 Å². The molecule has 0 aromatic carbocycles. The van der Waals surface area contributed by atoms with Gasteiger partial charge in [0.15, 0.2) is 5.75 Å². The molecule has 1 heterocycles. The summed E-state index contributed by atoms with van der Waals surface area (Å²) in [7, 11) is 0. The van der Waals surface area contributed by atoms with E-state index in [2.05, 4.69) is 49.9 Å². The molecule has 20 heavy (non-hydrogen) atoms. The standard InChI is InChI=1S/C16H29N3O/c1-6-8-13(5)11-20-15-10-18-16(12(3)4)19-14(15)9-17-7-2/h10,12-13,17H,6-9,11H2,1-5H3. The molecular weight excluding hydrogens is 250 g/mol. The van der Waals surface area contributed by atoms with Gasteiger partial charge in [-0.05, 0) is 18.9 Å². The second-order valence-corrected chi connectivity index (χ2v) is 5.68. The summed E-state index contributed by atoms with van der Waals surface area (Å²) < 4.78 is 5.92. The number of rotatable bonds is 9. The van der Waals surface area contributed by atoms with Crippen molar-refractivity contribution in [3.05, 3.63) is 17.7 Å². The molecule has 0 aliphatic carbocycles. The Morgan fingerprint density at radius 1 is 1.25 bits per heavy atom. The van der Waals surface area contributed by atoms with Crippen molar-refractivity contribution in [1.29, 1.82) is 0 Å². The van der Waals surface area contributed by atoms with Crippen LogP contribution in [-0.2, 0) is 6.54 Å². The zero-order valence-electron chi connectivity index (χ0n) is 13.6. The normalized spacial score (nSPS) is 12.7. The fourth-order valence-electron chi connectivity index (χ4n) is 2.00. The van der Waals surface area contributed by atoms with Crippen molar-refractivity contribution in [3.8, 4) is 5.75 Å². The van der Waals surface area contributed by atoms with Crippen molar-refractivity contribution >= 4 is 0 Å². The highest BCUT2D eigenvalue weighted by atomic mass is 16.5. The van der Waals surface area contributed by atoms with Gasteiger partial charge in [-0.2, -0.15) is 0 Å². The van der Waals surface area contributed by atoms with Crippen molar-refractivity contribution in [1.82, 2.24) is 15.3 Å². The third-order valence-electron chi connectivity index (χ3n) is 3.21. The zero-order valence-corrected chi connectivity index (χ0v) is 13.6. The van der Waals surface area contributed by atoms with E-state index in [-0.39, 0.29) is 0 Å². The van der Waals surface area contributed by atoms with Gasteiger partial charge in [-0.15, -0.1) is 0 Å². The minimum absolute atomic E-state index is 0.337. The van der Waals surface area contributed by atoms with Gasteiger partial charge >= 0.3 is 0 Å². The lowest BCUT2D eigenvalue weighted by molar-refractivity contribution is 0.246. The van der Waals surface area contributed by atoms with E-state index >= 15 is 0 Å². The van der Waals surface area contributed by atoms with Crippen LogP contribution >= 0.6 is 0 Å². The molecule has 1 atom stereocenters. The summed E-state index contributed by atoms with van der Waals surface area (Å²) in [6.07, 6.45) is 4.21. The molecule has 4 nitrogen and oxygen atoms in total. The van der Waals surface area contributed by atoms with E-state index in [9.17, 15) is 0 Å². The number of nitrogens with one attached hydrogen (secondary N) is 1. The minimum Gasteiger partial charge on any atom is -0.490 e. The maximum absolute atomic E-state index is 5.92. The average molecular weight is 279 g/mol. The van der Waals surface area contributed by atoms with Crippen molar-refractivity contribution < 1.29 is 4.74 Å². The van der Waals surface area contributed by atoms with E-state index in [0.29, 0.717) is 11.8 Å². The highest BCUT2D eigenvalue weighted by Gasteiger charge is 2.11. The Bertz CT molecular complexity index is 393. The van der Waals surface area contributed by atoms with Crippen LogP contribution in [0.2, 0.25) is 0 Å². The van der Waals surface area contributed by atoms with Crippen LogP contribution in [0.15, 0.2) is 6.20 Å². The number of nitrogens with zero attached hydrogens (tertiary/aromatic N) is 2. The van der Waals surface area contributed by atoms with Crippen LogP contribution in [0.25, 0.3) is 0 Å². The molecule has 0 bridgehead atoms.